The van der Waals surface area contributed by atoms with Gasteiger partial charge in [-0.3, -0.25) is 4.79 Å². The van der Waals surface area contributed by atoms with Gasteiger partial charge in [0.1, 0.15) is 6.61 Å². The van der Waals surface area contributed by atoms with Crippen LogP contribution >= 0.6 is 11.8 Å². The van der Waals surface area contributed by atoms with Crippen molar-refractivity contribution in [3.8, 4) is 11.8 Å². The van der Waals surface area contributed by atoms with Gasteiger partial charge in [0, 0.05) is 23.4 Å². The van der Waals surface area contributed by atoms with Gasteiger partial charge in [-0.2, -0.15) is 11.8 Å². The van der Waals surface area contributed by atoms with Crippen LogP contribution in [0.2, 0.25) is 0 Å². The summed E-state index contributed by atoms with van der Waals surface area (Å²) in [5, 5.41) is 11.6. The summed E-state index contributed by atoms with van der Waals surface area (Å²) in [6.07, 6.45) is 2.00. The first-order valence-corrected chi connectivity index (χ1v) is 7.06. The summed E-state index contributed by atoms with van der Waals surface area (Å²) in [6.45, 7) is 2.35. The molecule has 0 bridgehead atoms. The zero-order valence-electron chi connectivity index (χ0n) is 10.6. The third-order valence-electron chi connectivity index (χ3n) is 2.47. The molecule has 1 rings (SSSR count). The normalized spacial score (nSPS) is 9.50. The van der Waals surface area contributed by atoms with Crippen LogP contribution in [0.1, 0.15) is 21.5 Å². The lowest BCUT2D eigenvalue weighted by atomic mass is 10.0. The van der Waals surface area contributed by atoms with Crippen LogP contribution in [-0.4, -0.2) is 36.2 Å². The number of rotatable bonds is 4. The molecule has 0 radical (unpaired) electrons. The lowest BCUT2D eigenvalue weighted by molar-refractivity contribution is 0.0955. The summed E-state index contributed by atoms with van der Waals surface area (Å²) in [6, 6.07) is 5.43. The standard InChI is InChI=1S/C14H17NO2S/c1-11-12(6-4-9-16)5-3-7-13(11)14(17)15-8-10-18-2/h3,5,7,16H,8-10H2,1-2H3,(H,15,17). The highest BCUT2D eigenvalue weighted by atomic mass is 32.2. The van der Waals surface area contributed by atoms with Gasteiger partial charge in [-0.15, -0.1) is 0 Å². The third kappa shape index (κ3) is 4.10. The Morgan fingerprint density at radius 1 is 1.50 bits per heavy atom. The summed E-state index contributed by atoms with van der Waals surface area (Å²) in [7, 11) is 0. The Kier molecular flexibility index (Phi) is 6.34. The number of hydrogen-bond donors (Lipinski definition) is 2. The van der Waals surface area contributed by atoms with E-state index in [-0.39, 0.29) is 12.5 Å². The minimum absolute atomic E-state index is 0.0748. The van der Waals surface area contributed by atoms with Gasteiger partial charge in [-0.25, -0.2) is 0 Å². The number of carbonyl (C=O) groups excluding carboxylic acids is 1. The van der Waals surface area contributed by atoms with Crippen molar-refractivity contribution in [1.82, 2.24) is 5.32 Å². The monoisotopic (exact) mass is 263 g/mol. The second kappa shape index (κ2) is 7.80. The molecule has 0 fully saturated rings. The summed E-state index contributed by atoms with van der Waals surface area (Å²) in [4.78, 5) is 11.9. The van der Waals surface area contributed by atoms with Crippen LogP contribution in [-0.2, 0) is 0 Å². The SMILES string of the molecule is CSCCNC(=O)c1cccc(C#CCO)c1C. The zero-order valence-corrected chi connectivity index (χ0v) is 11.4. The summed E-state index contributed by atoms with van der Waals surface area (Å²) in [5.41, 5.74) is 2.27. The van der Waals surface area contributed by atoms with Crippen molar-refractivity contribution in [3.63, 3.8) is 0 Å². The molecular weight excluding hydrogens is 246 g/mol. The molecule has 0 aliphatic heterocycles. The fourth-order valence-electron chi connectivity index (χ4n) is 1.51. The quantitative estimate of drug-likeness (QED) is 0.638. The molecule has 2 N–H and O–H groups in total. The van der Waals surface area contributed by atoms with E-state index in [0.717, 1.165) is 16.9 Å². The first kappa shape index (κ1) is 14.6. The molecule has 0 unspecified atom stereocenters. The summed E-state index contributed by atoms with van der Waals surface area (Å²) in [5.74, 6) is 6.26. The molecule has 0 aliphatic rings. The predicted molar refractivity (Wildman–Crippen MR) is 75.9 cm³/mol. The Morgan fingerprint density at radius 3 is 2.94 bits per heavy atom. The number of aliphatic hydroxyl groups excluding tert-OH is 1. The molecule has 0 spiro atoms. The molecule has 96 valence electrons. The van der Waals surface area contributed by atoms with E-state index in [4.69, 9.17) is 5.11 Å². The largest absolute Gasteiger partial charge is 0.384 e. The molecule has 1 aromatic rings. The van der Waals surface area contributed by atoms with Gasteiger partial charge in [-0.1, -0.05) is 17.9 Å². The van der Waals surface area contributed by atoms with Crippen LogP contribution in [0.4, 0.5) is 0 Å². The first-order chi connectivity index (χ1) is 8.70. The number of amides is 1. The molecule has 18 heavy (non-hydrogen) atoms. The lowest BCUT2D eigenvalue weighted by Crippen LogP contribution is -2.26. The van der Waals surface area contributed by atoms with Crippen LogP contribution < -0.4 is 5.32 Å². The van der Waals surface area contributed by atoms with E-state index in [9.17, 15) is 4.79 Å². The molecular formula is C14H17NO2S. The average molecular weight is 263 g/mol. The van der Waals surface area contributed by atoms with E-state index in [1.54, 1.807) is 23.9 Å². The maximum atomic E-state index is 11.9. The fourth-order valence-corrected chi connectivity index (χ4v) is 1.82. The maximum absolute atomic E-state index is 11.9. The number of benzene rings is 1. The topological polar surface area (TPSA) is 49.3 Å². The number of aliphatic hydroxyl groups is 1. The smallest absolute Gasteiger partial charge is 0.251 e. The highest BCUT2D eigenvalue weighted by molar-refractivity contribution is 7.98. The van der Waals surface area contributed by atoms with Crippen molar-refractivity contribution in [1.29, 1.82) is 0 Å². The third-order valence-corrected chi connectivity index (χ3v) is 3.08. The predicted octanol–water partition coefficient (Wildman–Crippen LogP) is 1.43. The first-order valence-electron chi connectivity index (χ1n) is 5.67. The molecule has 4 heteroatoms. The molecule has 0 aliphatic carbocycles. The van der Waals surface area contributed by atoms with E-state index in [2.05, 4.69) is 17.2 Å². The molecule has 0 aromatic heterocycles. The Morgan fingerprint density at radius 2 is 2.28 bits per heavy atom. The minimum atomic E-state index is -0.177. The van der Waals surface area contributed by atoms with Crippen LogP contribution in [0.5, 0.6) is 0 Å². The van der Waals surface area contributed by atoms with E-state index in [0.29, 0.717) is 12.1 Å². The van der Waals surface area contributed by atoms with Crippen LogP contribution in [0, 0.1) is 18.8 Å². The van der Waals surface area contributed by atoms with E-state index in [1.165, 1.54) is 0 Å². The fraction of sp³-hybridized carbons (Fsp3) is 0.357. The maximum Gasteiger partial charge on any atom is 0.251 e. The Hall–Kier alpha value is -1.44. The highest BCUT2D eigenvalue weighted by Gasteiger charge is 2.09. The van der Waals surface area contributed by atoms with Crippen LogP contribution in [0.15, 0.2) is 18.2 Å². The Balaban J connectivity index is 2.86. The number of hydrogen-bond acceptors (Lipinski definition) is 3. The van der Waals surface area contributed by atoms with Gasteiger partial charge in [0.15, 0.2) is 0 Å². The van der Waals surface area contributed by atoms with E-state index in [1.807, 2.05) is 19.2 Å². The van der Waals surface area contributed by atoms with Crippen molar-refractivity contribution in [3.05, 3.63) is 34.9 Å². The lowest BCUT2D eigenvalue weighted by Gasteiger charge is -2.08. The number of nitrogens with one attached hydrogen (secondary N) is 1. The van der Waals surface area contributed by atoms with Gasteiger partial charge in [0.25, 0.3) is 5.91 Å². The molecule has 0 atom stereocenters. The van der Waals surface area contributed by atoms with Crippen molar-refractivity contribution >= 4 is 17.7 Å². The molecule has 0 heterocycles. The van der Waals surface area contributed by atoms with Gasteiger partial charge < -0.3 is 10.4 Å². The van der Waals surface area contributed by atoms with Crippen molar-refractivity contribution in [2.45, 2.75) is 6.92 Å². The van der Waals surface area contributed by atoms with Crippen LogP contribution in [0.25, 0.3) is 0 Å². The molecule has 1 amide bonds. The summed E-state index contributed by atoms with van der Waals surface area (Å²) < 4.78 is 0. The van der Waals surface area contributed by atoms with E-state index < -0.39 is 0 Å². The highest BCUT2D eigenvalue weighted by Crippen LogP contribution is 2.12. The van der Waals surface area contributed by atoms with Gasteiger partial charge in [0.2, 0.25) is 0 Å². The van der Waals surface area contributed by atoms with Crippen molar-refractivity contribution in [2.75, 3.05) is 25.2 Å². The van der Waals surface area contributed by atoms with Crippen molar-refractivity contribution in [2.24, 2.45) is 0 Å². The van der Waals surface area contributed by atoms with Crippen LogP contribution in [0.3, 0.4) is 0 Å². The molecule has 1 aromatic carbocycles. The Bertz CT molecular complexity index is 474. The van der Waals surface area contributed by atoms with Gasteiger partial charge in [-0.05, 0) is 30.9 Å². The minimum Gasteiger partial charge on any atom is -0.384 e. The zero-order chi connectivity index (χ0) is 13.4. The molecule has 0 saturated carbocycles. The van der Waals surface area contributed by atoms with E-state index >= 15 is 0 Å². The number of thioether (sulfide) groups is 1. The molecule has 3 nitrogen and oxygen atoms in total. The second-order valence-electron chi connectivity index (χ2n) is 3.69. The Labute approximate surface area is 112 Å². The van der Waals surface area contributed by atoms with Gasteiger partial charge >= 0.3 is 0 Å². The molecule has 0 saturated heterocycles. The summed E-state index contributed by atoms with van der Waals surface area (Å²) >= 11 is 1.69. The average Bonchev–Trinajstić information content (AvgIpc) is 2.37. The second-order valence-corrected chi connectivity index (χ2v) is 4.67. The van der Waals surface area contributed by atoms with Gasteiger partial charge in [0.05, 0.1) is 0 Å². The van der Waals surface area contributed by atoms with Crippen molar-refractivity contribution < 1.29 is 9.90 Å². The number of carbonyl (C=O) groups is 1.